The van der Waals surface area contributed by atoms with E-state index in [9.17, 15) is 14.4 Å². The van der Waals surface area contributed by atoms with Crippen molar-refractivity contribution in [1.29, 1.82) is 0 Å². The van der Waals surface area contributed by atoms with Crippen LogP contribution in [0.1, 0.15) is 43.4 Å². The number of amides is 2. The molecule has 8 nitrogen and oxygen atoms in total. The van der Waals surface area contributed by atoms with Gasteiger partial charge in [-0.3, -0.25) is 14.6 Å². The van der Waals surface area contributed by atoms with Gasteiger partial charge in [0.05, 0.1) is 24.3 Å². The molecule has 1 saturated heterocycles. The van der Waals surface area contributed by atoms with Crippen LogP contribution in [-0.2, 0) is 9.53 Å². The summed E-state index contributed by atoms with van der Waals surface area (Å²) in [5.74, 6) is -1.15. The number of ether oxygens (including phenoxy) is 1. The third-order valence-electron chi connectivity index (χ3n) is 5.48. The SMILES string of the molecule is COC(=O)c1cc(C)sc1NC(=O)C1CCCN(C(=O)c2sc(-c3cccnc3)nc2C)C1. The number of carbonyl (C=O) groups excluding carboxylic acids is 3. The van der Waals surface area contributed by atoms with Gasteiger partial charge in [-0.05, 0) is 44.9 Å². The van der Waals surface area contributed by atoms with Crippen molar-refractivity contribution in [3.8, 4) is 10.6 Å². The van der Waals surface area contributed by atoms with E-state index in [0.29, 0.717) is 40.6 Å². The van der Waals surface area contributed by atoms with Gasteiger partial charge >= 0.3 is 5.97 Å². The van der Waals surface area contributed by atoms with E-state index in [1.165, 1.54) is 29.8 Å². The molecule has 172 valence electrons. The largest absolute Gasteiger partial charge is 0.465 e. The molecule has 1 aliphatic heterocycles. The van der Waals surface area contributed by atoms with Gasteiger partial charge in [0, 0.05) is 35.9 Å². The fraction of sp³-hybridized carbons (Fsp3) is 0.348. The Kier molecular flexibility index (Phi) is 6.85. The first-order chi connectivity index (χ1) is 15.9. The minimum Gasteiger partial charge on any atom is -0.465 e. The van der Waals surface area contributed by atoms with E-state index in [4.69, 9.17) is 4.74 Å². The summed E-state index contributed by atoms with van der Waals surface area (Å²) in [6.07, 6.45) is 4.82. The quantitative estimate of drug-likeness (QED) is 0.546. The molecule has 4 heterocycles. The van der Waals surface area contributed by atoms with E-state index < -0.39 is 5.97 Å². The first-order valence-electron chi connectivity index (χ1n) is 10.5. The molecule has 1 aliphatic rings. The van der Waals surface area contributed by atoms with Crippen molar-refractivity contribution in [2.24, 2.45) is 5.92 Å². The minimum atomic E-state index is -0.486. The molecule has 0 saturated carbocycles. The summed E-state index contributed by atoms with van der Waals surface area (Å²) in [7, 11) is 1.31. The van der Waals surface area contributed by atoms with E-state index >= 15 is 0 Å². The monoisotopic (exact) mass is 484 g/mol. The number of aromatic nitrogens is 2. The third-order valence-corrected chi connectivity index (χ3v) is 7.64. The average Bonchev–Trinajstić information content (AvgIpc) is 3.40. The first kappa shape index (κ1) is 23.1. The van der Waals surface area contributed by atoms with Crippen LogP contribution in [0, 0.1) is 19.8 Å². The summed E-state index contributed by atoms with van der Waals surface area (Å²) in [6, 6.07) is 5.45. The van der Waals surface area contributed by atoms with Gasteiger partial charge in [0.2, 0.25) is 5.91 Å². The molecule has 0 bridgehead atoms. The number of hydrogen-bond donors (Lipinski definition) is 1. The Morgan fingerprint density at radius 2 is 2.06 bits per heavy atom. The maximum atomic E-state index is 13.3. The van der Waals surface area contributed by atoms with Crippen LogP contribution in [0.2, 0.25) is 0 Å². The van der Waals surface area contributed by atoms with Gasteiger partial charge in [0.1, 0.15) is 14.9 Å². The zero-order valence-corrected chi connectivity index (χ0v) is 20.2. The number of esters is 1. The Labute approximate surface area is 199 Å². The maximum absolute atomic E-state index is 13.3. The number of rotatable bonds is 5. The molecule has 33 heavy (non-hydrogen) atoms. The second-order valence-electron chi connectivity index (χ2n) is 7.85. The highest BCUT2D eigenvalue weighted by Crippen LogP contribution is 2.31. The molecule has 0 spiro atoms. The molecule has 0 aromatic carbocycles. The highest BCUT2D eigenvalue weighted by Gasteiger charge is 2.31. The van der Waals surface area contributed by atoms with Crippen molar-refractivity contribution in [2.75, 3.05) is 25.5 Å². The predicted octanol–water partition coefficient (Wildman–Crippen LogP) is 4.16. The second-order valence-corrected chi connectivity index (χ2v) is 10.1. The number of nitrogens with zero attached hydrogens (tertiary/aromatic N) is 3. The molecule has 10 heteroatoms. The molecule has 1 unspecified atom stereocenters. The lowest BCUT2D eigenvalue weighted by molar-refractivity contribution is -0.121. The molecule has 1 N–H and O–H groups in total. The number of thiazole rings is 1. The normalized spacial score (nSPS) is 15.8. The van der Waals surface area contributed by atoms with Crippen LogP contribution in [-0.4, -0.2) is 52.9 Å². The second kappa shape index (κ2) is 9.80. The van der Waals surface area contributed by atoms with Crippen LogP contribution < -0.4 is 5.32 Å². The molecule has 1 atom stereocenters. The number of hydrogen-bond acceptors (Lipinski definition) is 8. The Morgan fingerprint density at radius 3 is 2.79 bits per heavy atom. The smallest absolute Gasteiger partial charge is 0.340 e. The van der Waals surface area contributed by atoms with Crippen LogP contribution in [0.5, 0.6) is 0 Å². The molecule has 0 aliphatic carbocycles. The number of likely N-dealkylation sites (tertiary alicyclic amines) is 1. The number of methoxy groups -OCH3 is 1. The van der Waals surface area contributed by atoms with Crippen LogP contribution in [0.4, 0.5) is 5.00 Å². The number of carbonyl (C=O) groups is 3. The van der Waals surface area contributed by atoms with E-state index in [-0.39, 0.29) is 17.7 Å². The van der Waals surface area contributed by atoms with Gasteiger partial charge in [-0.2, -0.15) is 0 Å². The number of pyridine rings is 1. The van der Waals surface area contributed by atoms with Crippen molar-refractivity contribution in [3.05, 3.63) is 51.6 Å². The van der Waals surface area contributed by atoms with Gasteiger partial charge in [-0.15, -0.1) is 22.7 Å². The zero-order chi connectivity index (χ0) is 23.5. The summed E-state index contributed by atoms with van der Waals surface area (Å²) in [4.78, 5) is 50.1. The summed E-state index contributed by atoms with van der Waals surface area (Å²) in [6.45, 7) is 4.60. The zero-order valence-electron chi connectivity index (χ0n) is 18.6. The molecule has 3 aromatic rings. The van der Waals surface area contributed by atoms with E-state index in [1.54, 1.807) is 23.4 Å². The van der Waals surface area contributed by atoms with E-state index in [2.05, 4.69) is 15.3 Å². The fourth-order valence-corrected chi connectivity index (χ4v) is 5.74. The lowest BCUT2D eigenvalue weighted by atomic mass is 9.97. The Hall–Kier alpha value is -3.11. The number of thiophene rings is 1. The van der Waals surface area contributed by atoms with Crippen LogP contribution in [0.3, 0.4) is 0 Å². The third kappa shape index (κ3) is 4.96. The average molecular weight is 485 g/mol. The number of aryl methyl sites for hydroxylation is 2. The Bertz CT molecular complexity index is 1190. The molecular formula is C23H24N4O4S2. The topological polar surface area (TPSA) is 101 Å². The fourth-order valence-electron chi connectivity index (χ4n) is 3.81. The summed E-state index contributed by atoms with van der Waals surface area (Å²) < 4.78 is 4.81. The van der Waals surface area contributed by atoms with Crippen molar-refractivity contribution >= 4 is 45.5 Å². The van der Waals surface area contributed by atoms with Crippen LogP contribution >= 0.6 is 22.7 Å². The van der Waals surface area contributed by atoms with Gasteiger partial charge < -0.3 is 15.0 Å². The number of anilines is 1. The first-order valence-corrected chi connectivity index (χ1v) is 12.2. The molecule has 3 aromatic heterocycles. The number of piperidine rings is 1. The molecule has 2 amide bonds. The van der Waals surface area contributed by atoms with Crippen molar-refractivity contribution in [1.82, 2.24) is 14.9 Å². The lowest BCUT2D eigenvalue weighted by Gasteiger charge is -2.31. The summed E-state index contributed by atoms with van der Waals surface area (Å²) >= 11 is 2.68. The van der Waals surface area contributed by atoms with Crippen LogP contribution in [0.25, 0.3) is 10.6 Å². The molecule has 0 radical (unpaired) electrons. The van der Waals surface area contributed by atoms with E-state index in [1.807, 2.05) is 26.0 Å². The van der Waals surface area contributed by atoms with E-state index in [0.717, 1.165) is 21.9 Å². The van der Waals surface area contributed by atoms with Gasteiger partial charge in [0.15, 0.2) is 0 Å². The van der Waals surface area contributed by atoms with Gasteiger partial charge in [-0.1, -0.05) is 0 Å². The molecule has 4 rings (SSSR count). The standard InChI is InChI=1S/C23H24N4O4S2/c1-13-10-17(23(30)31-3)21(32-13)26-19(28)16-7-5-9-27(12-16)22(29)18-14(2)25-20(33-18)15-6-4-8-24-11-15/h4,6,8,10-11,16H,5,7,9,12H2,1-3H3,(H,26,28). The summed E-state index contributed by atoms with van der Waals surface area (Å²) in [5.41, 5.74) is 1.89. The predicted molar refractivity (Wildman–Crippen MR) is 128 cm³/mol. The summed E-state index contributed by atoms with van der Waals surface area (Å²) in [5, 5.41) is 4.10. The molecular weight excluding hydrogens is 460 g/mol. The van der Waals surface area contributed by atoms with Gasteiger partial charge in [0.25, 0.3) is 5.91 Å². The van der Waals surface area contributed by atoms with Gasteiger partial charge in [-0.25, -0.2) is 9.78 Å². The molecule has 1 fully saturated rings. The highest BCUT2D eigenvalue weighted by molar-refractivity contribution is 7.17. The highest BCUT2D eigenvalue weighted by atomic mass is 32.1. The van der Waals surface area contributed by atoms with Crippen molar-refractivity contribution < 1.29 is 19.1 Å². The van der Waals surface area contributed by atoms with Crippen molar-refractivity contribution in [3.63, 3.8) is 0 Å². The van der Waals surface area contributed by atoms with Crippen LogP contribution in [0.15, 0.2) is 30.6 Å². The Balaban J connectivity index is 1.47. The van der Waals surface area contributed by atoms with Crippen molar-refractivity contribution in [2.45, 2.75) is 26.7 Å². The Morgan fingerprint density at radius 1 is 1.24 bits per heavy atom. The number of nitrogens with one attached hydrogen (secondary N) is 1. The minimum absolute atomic E-state index is 0.111. The lowest BCUT2D eigenvalue weighted by Crippen LogP contribution is -2.43. The maximum Gasteiger partial charge on any atom is 0.340 e.